The Hall–Kier alpha value is -1.85. The van der Waals surface area contributed by atoms with Crippen LogP contribution in [-0.4, -0.2) is 36.0 Å². The quantitative estimate of drug-likeness (QED) is 0.858. The summed E-state index contributed by atoms with van der Waals surface area (Å²) in [4.78, 5) is 14.0. The Kier molecular flexibility index (Phi) is 5.45. The predicted octanol–water partition coefficient (Wildman–Crippen LogP) is 2.15. The summed E-state index contributed by atoms with van der Waals surface area (Å²) in [7, 11) is 4.42. The molecule has 1 fully saturated rings. The molecule has 3 rings (SSSR count). The maximum absolute atomic E-state index is 12.6. The minimum Gasteiger partial charge on any atom is -0.376 e. The van der Waals surface area contributed by atoms with Crippen LogP contribution in [0.4, 0.5) is 5.69 Å². The molecule has 0 aliphatic heterocycles. The standard InChI is InChI=1S/C19H25ClN4O/c1-23(2)19(11-7-4-8-12-19)14-21-16-13-22-24(18(25)17(16)20)15-9-5-3-6-10-15/h3,5-6,9-10,13,21H,4,7-8,11-12,14H2,1-2H3/p+1. The van der Waals surface area contributed by atoms with Gasteiger partial charge in [0, 0.05) is 12.8 Å². The Labute approximate surface area is 153 Å². The number of para-hydroxylation sites is 1. The maximum atomic E-state index is 12.6. The highest BCUT2D eigenvalue weighted by Gasteiger charge is 2.38. The van der Waals surface area contributed by atoms with Crippen molar-refractivity contribution < 1.29 is 4.90 Å². The van der Waals surface area contributed by atoms with E-state index in [0.29, 0.717) is 11.4 Å². The van der Waals surface area contributed by atoms with Gasteiger partial charge in [0.2, 0.25) is 0 Å². The number of hydrogen-bond acceptors (Lipinski definition) is 3. The number of likely N-dealkylation sites (N-methyl/N-ethyl adjacent to an activating group) is 1. The Morgan fingerprint density at radius 1 is 1.20 bits per heavy atom. The topological polar surface area (TPSA) is 51.4 Å². The number of benzene rings is 1. The molecule has 25 heavy (non-hydrogen) atoms. The van der Waals surface area contributed by atoms with Gasteiger partial charge in [-0.05, 0) is 25.0 Å². The van der Waals surface area contributed by atoms with Crippen molar-refractivity contribution in [3.05, 3.63) is 51.9 Å². The zero-order valence-corrected chi connectivity index (χ0v) is 15.6. The van der Waals surface area contributed by atoms with Crippen molar-refractivity contribution in [2.75, 3.05) is 26.0 Å². The number of anilines is 1. The van der Waals surface area contributed by atoms with Crippen molar-refractivity contribution in [2.24, 2.45) is 0 Å². The number of nitrogens with one attached hydrogen (secondary N) is 2. The van der Waals surface area contributed by atoms with E-state index in [0.717, 1.165) is 6.54 Å². The molecule has 1 heterocycles. The second-order valence-corrected chi connectivity index (χ2v) is 7.50. The average Bonchev–Trinajstić information content (AvgIpc) is 2.64. The van der Waals surface area contributed by atoms with Crippen molar-refractivity contribution in [1.29, 1.82) is 0 Å². The molecule has 1 aliphatic rings. The van der Waals surface area contributed by atoms with E-state index in [4.69, 9.17) is 11.6 Å². The lowest BCUT2D eigenvalue weighted by Crippen LogP contribution is -3.16. The Bertz CT molecular complexity index is 767. The first kappa shape index (κ1) is 18.0. The molecule has 0 bridgehead atoms. The molecule has 0 unspecified atom stereocenters. The lowest BCUT2D eigenvalue weighted by Gasteiger charge is -2.40. The molecule has 1 aliphatic carbocycles. The van der Waals surface area contributed by atoms with Crippen LogP contribution in [0.5, 0.6) is 0 Å². The number of aromatic nitrogens is 2. The van der Waals surface area contributed by atoms with Crippen molar-refractivity contribution >= 4 is 17.3 Å². The number of halogens is 1. The summed E-state index contributed by atoms with van der Waals surface area (Å²) in [5.41, 5.74) is 1.22. The third kappa shape index (κ3) is 3.72. The molecule has 1 saturated carbocycles. The van der Waals surface area contributed by atoms with Crippen molar-refractivity contribution in [1.82, 2.24) is 9.78 Å². The van der Waals surface area contributed by atoms with Crippen LogP contribution >= 0.6 is 11.6 Å². The molecule has 0 amide bonds. The first-order valence-electron chi connectivity index (χ1n) is 8.91. The van der Waals surface area contributed by atoms with E-state index >= 15 is 0 Å². The normalized spacial score (nSPS) is 16.8. The first-order valence-corrected chi connectivity index (χ1v) is 9.29. The summed E-state index contributed by atoms with van der Waals surface area (Å²) < 4.78 is 1.33. The van der Waals surface area contributed by atoms with Crippen LogP contribution in [0.15, 0.2) is 41.3 Å². The van der Waals surface area contributed by atoms with Gasteiger partial charge in [-0.2, -0.15) is 9.78 Å². The van der Waals surface area contributed by atoms with Gasteiger partial charge in [0.25, 0.3) is 5.56 Å². The van der Waals surface area contributed by atoms with Gasteiger partial charge in [-0.15, -0.1) is 0 Å². The molecule has 0 saturated heterocycles. The van der Waals surface area contributed by atoms with Gasteiger partial charge < -0.3 is 10.2 Å². The predicted molar refractivity (Wildman–Crippen MR) is 102 cm³/mol. The molecule has 5 nitrogen and oxygen atoms in total. The molecular formula is C19H26ClN4O+. The zero-order chi connectivity index (χ0) is 17.9. The Morgan fingerprint density at radius 2 is 1.88 bits per heavy atom. The van der Waals surface area contributed by atoms with Crippen LogP contribution in [0.3, 0.4) is 0 Å². The molecular weight excluding hydrogens is 336 g/mol. The Balaban J connectivity index is 1.82. The summed E-state index contributed by atoms with van der Waals surface area (Å²) >= 11 is 6.35. The molecule has 0 atom stereocenters. The van der Waals surface area contributed by atoms with E-state index in [1.165, 1.54) is 41.7 Å². The third-order valence-electron chi connectivity index (χ3n) is 5.41. The van der Waals surface area contributed by atoms with Crippen molar-refractivity contribution in [3.63, 3.8) is 0 Å². The monoisotopic (exact) mass is 361 g/mol. The van der Waals surface area contributed by atoms with Crippen LogP contribution in [0, 0.1) is 0 Å². The van der Waals surface area contributed by atoms with Crippen LogP contribution < -0.4 is 15.8 Å². The minimum absolute atomic E-state index is 0.190. The van der Waals surface area contributed by atoms with Crippen molar-refractivity contribution in [2.45, 2.75) is 37.6 Å². The molecule has 6 heteroatoms. The second-order valence-electron chi connectivity index (χ2n) is 7.12. The average molecular weight is 362 g/mol. The highest BCUT2D eigenvalue weighted by atomic mass is 35.5. The summed E-state index contributed by atoms with van der Waals surface area (Å²) in [6.07, 6.45) is 7.86. The zero-order valence-electron chi connectivity index (χ0n) is 14.9. The van der Waals surface area contributed by atoms with Gasteiger partial charge in [0.1, 0.15) is 10.6 Å². The van der Waals surface area contributed by atoms with Gasteiger partial charge >= 0.3 is 0 Å². The number of quaternary nitrogens is 1. The van der Waals surface area contributed by atoms with E-state index in [-0.39, 0.29) is 16.1 Å². The lowest BCUT2D eigenvalue weighted by atomic mass is 9.80. The second kappa shape index (κ2) is 7.58. The van der Waals surface area contributed by atoms with E-state index in [1.807, 2.05) is 30.3 Å². The van der Waals surface area contributed by atoms with Crippen LogP contribution in [0.2, 0.25) is 5.02 Å². The van der Waals surface area contributed by atoms with Gasteiger partial charge in [-0.25, -0.2) is 0 Å². The van der Waals surface area contributed by atoms with Gasteiger partial charge in [-0.3, -0.25) is 4.79 Å². The summed E-state index contributed by atoms with van der Waals surface area (Å²) in [5.74, 6) is 0. The molecule has 2 aromatic rings. The third-order valence-corrected chi connectivity index (χ3v) is 5.77. The van der Waals surface area contributed by atoms with Gasteiger partial charge in [0.05, 0.1) is 38.2 Å². The Morgan fingerprint density at radius 3 is 2.52 bits per heavy atom. The summed E-state index contributed by atoms with van der Waals surface area (Å²) in [6, 6.07) is 9.32. The molecule has 2 N–H and O–H groups in total. The number of nitrogens with zero attached hydrogens (tertiary/aromatic N) is 2. The summed E-state index contributed by atoms with van der Waals surface area (Å²) in [5, 5.41) is 7.88. The van der Waals surface area contributed by atoms with Crippen LogP contribution in [-0.2, 0) is 0 Å². The van der Waals surface area contributed by atoms with E-state index < -0.39 is 0 Å². The van der Waals surface area contributed by atoms with Gasteiger partial charge in [-0.1, -0.05) is 36.2 Å². The molecule has 1 aromatic heterocycles. The molecule has 0 radical (unpaired) electrons. The van der Waals surface area contributed by atoms with E-state index in [9.17, 15) is 4.79 Å². The van der Waals surface area contributed by atoms with E-state index in [2.05, 4.69) is 24.5 Å². The molecule has 1 aromatic carbocycles. The maximum Gasteiger partial charge on any atom is 0.292 e. The molecule has 0 spiro atoms. The fourth-order valence-electron chi connectivity index (χ4n) is 3.66. The van der Waals surface area contributed by atoms with Crippen LogP contribution in [0.1, 0.15) is 32.1 Å². The lowest BCUT2D eigenvalue weighted by molar-refractivity contribution is -0.915. The van der Waals surface area contributed by atoms with Crippen molar-refractivity contribution in [3.8, 4) is 5.69 Å². The fourth-order valence-corrected chi connectivity index (χ4v) is 3.85. The first-order chi connectivity index (χ1) is 12.0. The smallest absolute Gasteiger partial charge is 0.292 e. The highest BCUT2D eigenvalue weighted by Crippen LogP contribution is 2.26. The van der Waals surface area contributed by atoms with Gasteiger partial charge in [0.15, 0.2) is 0 Å². The minimum atomic E-state index is -0.298. The fraction of sp³-hybridized carbons (Fsp3) is 0.474. The SMILES string of the molecule is C[NH+](C)C1(CNc2cnn(-c3ccccc3)c(=O)c2Cl)CCCCC1. The highest BCUT2D eigenvalue weighted by molar-refractivity contribution is 6.32. The van der Waals surface area contributed by atoms with E-state index in [1.54, 1.807) is 6.20 Å². The largest absolute Gasteiger partial charge is 0.376 e. The van der Waals surface area contributed by atoms with Crippen LogP contribution in [0.25, 0.3) is 5.69 Å². The summed E-state index contributed by atoms with van der Waals surface area (Å²) in [6.45, 7) is 0.797. The molecule has 134 valence electrons. The number of hydrogen-bond donors (Lipinski definition) is 2. The number of rotatable bonds is 5.